The van der Waals surface area contributed by atoms with Gasteiger partial charge >= 0.3 is 0 Å². The number of hydrogen-bond acceptors (Lipinski definition) is 3. The zero-order valence-corrected chi connectivity index (χ0v) is 11.7. The maximum absolute atomic E-state index is 11.6. The van der Waals surface area contributed by atoms with Crippen molar-refractivity contribution < 1.29 is 9.53 Å². The van der Waals surface area contributed by atoms with Gasteiger partial charge in [-0.25, -0.2) is 0 Å². The second-order valence-electron chi connectivity index (χ2n) is 3.64. The molecule has 5 heteroatoms. The lowest BCUT2D eigenvalue weighted by atomic mass is 10.2. The molecule has 0 aliphatic rings. The smallest absolute Gasteiger partial charge is 0.261 e. The Morgan fingerprint density at radius 2 is 2.39 bits per heavy atom. The molecule has 0 saturated carbocycles. The van der Waals surface area contributed by atoms with Crippen molar-refractivity contribution >= 4 is 21.8 Å². The molecule has 1 aromatic carbocycles. The third kappa shape index (κ3) is 4.06. The Hall–Kier alpha value is -1.51. The molecule has 0 spiro atoms. The highest BCUT2D eigenvalue weighted by molar-refractivity contribution is 9.10. The normalized spacial score (nSPS) is 11.4. The van der Waals surface area contributed by atoms with Crippen LogP contribution in [0.25, 0.3) is 0 Å². The molecule has 4 nitrogen and oxygen atoms in total. The monoisotopic (exact) mass is 310 g/mol. The van der Waals surface area contributed by atoms with E-state index in [4.69, 9.17) is 16.9 Å². The van der Waals surface area contributed by atoms with Crippen LogP contribution in [0.5, 0.6) is 5.75 Å². The van der Waals surface area contributed by atoms with E-state index in [2.05, 4.69) is 27.2 Å². The SMILES string of the molecule is C#CCNC(=O)C(C)Oc1ccc(Br)c(CN)c1. The maximum atomic E-state index is 11.6. The van der Waals surface area contributed by atoms with Crippen molar-refractivity contribution in [2.75, 3.05) is 6.54 Å². The van der Waals surface area contributed by atoms with Crippen molar-refractivity contribution in [2.45, 2.75) is 19.6 Å². The number of terminal acetylenes is 1. The van der Waals surface area contributed by atoms with Gasteiger partial charge in [-0.05, 0) is 30.7 Å². The second-order valence-corrected chi connectivity index (χ2v) is 4.49. The summed E-state index contributed by atoms with van der Waals surface area (Å²) in [6.07, 6.45) is 4.45. The van der Waals surface area contributed by atoms with E-state index >= 15 is 0 Å². The van der Waals surface area contributed by atoms with Gasteiger partial charge in [0.15, 0.2) is 6.10 Å². The lowest BCUT2D eigenvalue weighted by Crippen LogP contribution is -2.36. The molecule has 0 radical (unpaired) electrons. The number of amides is 1. The van der Waals surface area contributed by atoms with Gasteiger partial charge in [-0.15, -0.1) is 6.42 Å². The minimum absolute atomic E-state index is 0.195. The van der Waals surface area contributed by atoms with Gasteiger partial charge in [-0.1, -0.05) is 21.9 Å². The zero-order valence-electron chi connectivity index (χ0n) is 10.1. The Morgan fingerprint density at radius 3 is 3.00 bits per heavy atom. The number of halogens is 1. The van der Waals surface area contributed by atoms with Crippen LogP contribution in [0, 0.1) is 12.3 Å². The number of hydrogen-bond donors (Lipinski definition) is 2. The van der Waals surface area contributed by atoms with Gasteiger partial charge in [0.2, 0.25) is 0 Å². The summed E-state index contributed by atoms with van der Waals surface area (Å²) in [5, 5.41) is 2.56. The van der Waals surface area contributed by atoms with Gasteiger partial charge in [0.1, 0.15) is 5.75 Å². The number of ether oxygens (including phenoxy) is 1. The first-order valence-electron chi connectivity index (χ1n) is 5.44. The van der Waals surface area contributed by atoms with Crippen LogP contribution in [0.15, 0.2) is 22.7 Å². The Labute approximate surface area is 115 Å². The minimum atomic E-state index is -0.606. The molecule has 0 aliphatic heterocycles. The van der Waals surface area contributed by atoms with Gasteiger partial charge in [0.25, 0.3) is 5.91 Å². The average molecular weight is 311 g/mol. The van der Waals surface area contributed by atoms with Gasteiger partial charge in [0.05, 0.1) is 6.54 Å². The fraction of sp³-hybridized carbons (Fsp3) is 0.308. The van der Waals surface area contributed by atoms with Crippen LogP contribution in [-0.2, 0) is 11.3 Å². The van der Waals surface area contributed by atoms with Crippen molar-refractivity contribution in [1.29, 1.82) is 0 Å². The molecule has 18 heavy (non-hydrogen) atoms. The van der Waals surface area contributed by atoms with Crippen LogP contribution < -0.4 is 15.8 Å². The Morgan fingerprint density at radius 1 is 1.67 bits per heavy atom. The highest BCUT2D eigenvalue weighted by Gasteiger charge is 2.14. The average Bonchev–Trinajstić information content (AvgIpc) is 2.37. The van der Waals surface area contributed by atoms with Gasteiger partial charge < -0.3 is 15.8 Å². The molecule has 0 bridgehead atoms. The van der Waals surface area contributed by atoms with Crippen molar-refractivity contribution in [3.63, 3.8) is 0 Å². The number of benzene rings is 1. The fourth-order valence-corrected chi connectivity index (χ4v) is 1.73. The van der Waals surface area contributed by atoms with Crippen LogP contribution in [0.4, 0.5) is 0 Å². The summed E-state index contributed by atoms with van der Waals surface area (Å²) in [5.74, 6) is 2.69. The van der Waals surface area contributed by atoms with E-state index in [1.165, 1.54) is 0 Å². The summed E-state index contributed by atoms with van der Waals surface area (Å²) in [4.78, 5) is 11.6. The lowest BCUT2D eigenvalue weighted by Gasteiger charge is -2.14. The van der Waals surface area contributed by atoms with Crippen LogP contribution in [0.2, 0.25) is 0 Å². The van der Waals surface area contributed by atoms with Crippen LogP contribution >= 0.6 is 15.9 Å². The van der Waals surface area contributed by atoms with Crippen molar-refractivity contribution in [3.8, 4) is 18.1 Å². The molecule has 3 N–H and O–H groups in total. The molecule has 1 aromatic rings. The molecule has 0 aromatic heterocycles. The summed E-state index contributed by atoms with van der Waals surface area (Å²) in [6.45, 7) is 2.26. The summed E-state index contributed by atoms with van der Waals surface area (Å²) >= 11 is 3.38. The number of nitrogens with two attached hydrogens (primary N) is 1. The fourth-order valence-electron chi connectivity index (χ4n) is 1.32. The number of rotatable bonds is 5. The molecular weight excluding hydrogens is 296 g/mol. The van der Waals surface area contributed by atoms with Crippen molar-refractivity contribution in [1.82, 2.24) is 5.32 Å². The minimum Gasteiger partial charge on any atom is -0.481 e. The zero-order chi connectivity index (χ0) is 13.5. The summed E-state index contributed by atoms with van der Waals surface area (Å²) in [6, 6.07) is 5.41. The van der Waals surface area contributed by atoms with E-state index in [0.29, 0.717) is 12.3 Å². The van der Waals surface area contributed by atoms with Crippen molar-refractivity contribution in [3.05, 3.63) is 28.2 Å². The molecule has 0 heterocycles. The molecule has 1 unspecified atom stereocenters. The Kier molecular flexibility index (Phi) is 5.69. The molecular formula is C13H15BrN2O2. The first-order chi connectivity index (χ1) is 8.58. The number of carbonyl (C=O) groups is 1. The van der Waals surface area contributed by atoms with Gasteiger partial charge in [-0.2, -0.15) is 0 Å². The quantitative estimate of drug-likeness (QED) is 0.809. The Bertz CT molecular complexity index is 469. The molecule has 0 aliphatic carbocycles. The van der Waals surface area contributed by atoms with E-state index in [1.807, 2.05) is 6.07 Å². The van der Waals surface area contributed by atoms with Crippen molar-refractivity contribution in [2.24, 2.45) is 5.73 Å². The van der Waals surface area contributed by atoms with Crippen LogP contribution in [0.3, 0.4) is 0 Å². The summed E-state index contributed by atoms with van der Waals surface area (Å²) < 4.78 is 6.43. The standard InChI is InChI=1S/C13H15BrN2O2/c1-3-6-16-13(17)9(2)18-11-4-5-12(14)10(7-11)8-15/h1,4-5,7,9H,6,8,15H2,2H3,(H,16,17). The highest BCUT2D eigenvalue weighted by Crippen LogP contribution is 2.22. The summed E-state index contributed by atoms with van der Waals surface area (Å²) in [7, 11) is 0. The second kappa shape index (κ2) is 7.04. The van der Waals surface area contributed by atoms with E-state index in [1.54, 1.807) is 19.1 Å². The van der Waals surface area contributed by atoms with E-state index in [-0.39, 0.29) is 12.5 Å². The first kappa shape index (κ1) is 14.6. The van der Waals surface area contributed by atoms with Crippen LogP contribution in [0.1, 0.15) is 12.5 Å². The van der Waals surface area contributed by atoms with Crippen LogP contribution in [-0.4, -0.2) is 18.6 Å². The van der Waals surface area contributed by atoms with E-state index in [9.17, 15) is 4.79 Å². The van der Waals surface area contributed by atoms with E-state index < -0.39 is 6.10 Å². The number of nitrogens with one attached hydrogen (secondary N) is 1. The maximum Gasteiger partial charge on any atom is 0.261 e. The molecule has 1 rings (SSSR count). The molecule has 1 atom stereocenters. The summed E-state index contributed by atoms with van der Waals surface area (Å²) in [5.41, 5.74) is 6.51. The first-order valence-corrected chi connectivity index (χ1v) is 6.24. The third-order valence-corrected chi connectivity index (χ3v) is 3.06. The Balaban J connectivity index is 2.67. The molecule has 0 saturated heterocycles. The third-order valence-electron chi connectivity index (χ3n) is 2.28. The molecule has 96 valence electrons. The lowest BCUT2D eigenvalue weighted by molar-refractivity contribution is -0.126. The van der Waals surface area contributed by atoms with Gasteiger partial charge in [0, 0.05) is 11.0 Å². The highest BCUT2D eigenvalue weighted by atomic mass is 79.9. The predicted molar refractivity (Wildman–Crippen MR) is 74.0 cm³/mol. The largest absolute Gasteiger partial charge is 0.481 e. The topological polar surface area (TPSA) is 64.3 Å². The van der Waals surface area contributed by atoms with E-state index in [0.717, 1.165) is 10.0 Å². The van der Waals surface area contributed by atoms with Gasteiger partial charge in [-0.3, -0.25) is 4.79 Å². The predicted octanol–water partition coefficient (Wildman–Crippen LogP) is 1.42. The molecule has 0 fully saturated rings. The molecule has 1 amide bonds. The number of carbonyl (C=O) groups excluding carboxylic acids is 1.